The molecule has 1 amide bonds. The molecule has 0 saturated heterocycles. The highest BCUT2D eigenvalue weighted by Crippen LogP contribution is 1.90. The van der Waals surface area contributed by atoms with Gasteiger partial charge in [0, 0.05) is 20.2 Å². The van der Waals surface area contributed by atoms with Crippen LogP contribution < -0.4 is 10.6 Å². The standard InChI is InChI=1S/C8H18N2O4/c1-7(13-2)5-14-8(12)10-4-3-9-6-11/h6-8,10,12H,3-5H2,1-2H3,(H,9,11). The molecule has 0 fully saturated rings. The average molecular weight is 206 g/mol. The molecule has 0 spiro atoms. The number of hydrogen-bond donors (Lipinski definition) is 3. The van der Waals surface area contributed by atoms with Crippen LogP contribution in [0.4, 0.5) is 0 Å². The fourth-order valence-corrected chi connectivity index (χ4v) is 0.680. The van der Waals surface area contributed by atoms with Gasteiger partial charge in [0.2, 0.25) is 12.8 Å². The van der Waals surface area contributed by atoms with Crippen LogP contribution >= 0.6 is 0 Å². The molecule has 6 nitrogen and oxygen atoms in total. The van der Waals surface area contributed by atoms with E-state index >= 15 is 0 Å². The number of carbonyl (C=O) groups is 1. The molecular formula is C8H18N2O4. The molecule has 0 aromatic carbocycles. The summed E-state index contributed by atoms with van der Waals surface area (Å²) in [4.78, 5) is 9.85. The molecule has 0 aromatic rings. The Bertz CT molecular complexity index is 145. The molecule has 0 aliphatic heterocycles. The second-order valence-corrected chi connectivity index (χ2v) is 2.76. The summed E-state index contributed by atoms with van der Waals surface area (Å²) < 4.78 is 9.90. The van der Waals surface area contributed by atoms with Crippen LogP contribution in [0.3, 0.4) is 0 Å². The highest BCUT2D eigenvalue weighted by Gasteiger charge is 2.05. The van der Waals surface area contributed by atoms with Crippen LogP contribution in [0.15, 0.2) is 0 Å². The molecule has 84 valence electrons. The van der Waals surface area contributed by atoms with Gasteiger partial charge in [-0.3, -0.25) is 10.1 Å². The zero-order valence-electron chi connectivity index (χ0n) is 8.53. The summed E-state index contributed by atoms with van der Waals surface area (Å²) in [6, 6.07) is 0. The zero-order valence-corrected chi connectivity index (χ0v) is 8.53. The lowest BCUT2D eigenvalue weighted by atomic mass is 10.4. The Morgan fingerprint density at radius 2 is 2.21 bits per heavy atom. The van der Waals surface area contributed by atoms with Crippen molar-refractivity contribution in [2.75, 3.05) is 26.8 Å². The largest absolute Gasteiger partial charge is 0.379 e. The summed E-state index contributed by atoms with van der Waals surface area (Å²) in [7, 11) is 1.57. The fourth-order valence-electron chi connectivity index (χ4n) is 0.680. The second kappa shape index (κ2) is 8.89. The molecular weight excluding hydrogens is 188 g/mol. The molecule has 0 bridgehead atoms. The Kier molecular flexibility index (Phi) is 8.45. The zero-order chi connectivity index (χ0) is 10.8. The highest BCUT2D eigenvalue weighted by atomic mass is 16.6. The van der Waals surface area contributed by atoms with Gasteiger partial charge in [-0.25, -0.2) is 0 Å². The van der Waals surface area contributed by atoms with E-state index in [0.717, 1.165) is 0 Å². The van der Waals surface area contributed by atoms with Gasteiger partial charge in [-0.15, -0.1) is 0 Å². The molecule has 2 unspecified atom stereocenters. The van der Waals surface area contributed by atoms with Gasteiger partial charge < -0.3 is 19.9 Å². The Labute approximate surface area is 83.6 Å². The van der Waals surface area contributed by atoms with Crippen LogP contribution in [0.5, 0.6) is 0 Å². The van der Waals surface area contributed by atoms with Crippen LogP contribution in [0.1, 0.15) is 6.92 Å². The van der Waals surface area contributed by atoms with E-state index in [1.165, 1.54) is 0 Å². The first-order valence-corrected chi connectivity index (χ1v) is 4.43. The molecule has 6 heteroatoms. The minimum Gasteiger partial charge on any atom is -0.379 e. The Hall–Kier alpha value is -0.690. The maximum absolute atomic E-state index is 9.85. The highest BCUT2D eigenvalue weighted by molar-refractivity contribution is 5.45. The van der Waals surface area contributed by atoms with Crippen molar-refractivity contribution in [1.82, 2.24) is 10.6 Å². The first-order valence-electron chi connectivity index (χ1n) is 4.43. The lowest BCUT2D eigenvalue weighted by Crippen LogP contribution is -2.37. The van der Waals surface area contributed by atoms with E-state index in [2.05, 4.69) is 10.6 Å². The summed E-state index contributed by atoms with van der Waals surface area (Å²) >= 11 is 0. The van der Waals surface area contributed by atoms with Crippen molar-refractivity contribution in [1.29, 1.82) is 0 Å². The van der Waals surface area contributed by atoms with Gasteiger partial charge in [0.1, 0.15) is 0 Å². The third-order valence-electron chi connectivity index (χ3n) is 1.56. The van der Waals surface area contributed by atoms with Crippen LogP contribution in [0, 0.1) is 0 Å². The minimum atomic E-state index is -1.03. The van der Waals surface area contributed by atoms with Crippen molar-refractivity contribution in [3.05, 3.63) is 0 Å². The van der Waals surface area contributed by atoms with E-state index < -0.39 is 6.41 Å². The van der Waals surface area contributed by atoms with Crippen molar-refractivity contribution in [3.8, 4) is 0 Å². The van der Waals surface area contributed by atoms with Gasteiger partial charge in [0.15, 0.2) is 0 Å². The lowest BCUT2D eigenvalue weighted by molar-refractivity contribution is -0.140. The monoisotopic (exact) mass is 206 g/mol. The molecule has 3 N–H and O–H groups in total. The summed E-state index contributed by atoms with van der Waals surface area (Å²) in [5.74, 6) is 0. The van der Waals surface area contributed by atoms with E-state index in [0.29, 0.717) is 26.1 Å². The Morgan fingerprint density at radius 1 is 1.50 bits per heavy atom. The third-order valence-corrected chi connectivity index (χ3v) is 1.56. The van der Waals surface area contributed by atoms with Crippen molar-refractivity contribution in [3.63, 3.8) is 0 Å². The predicted octanol–water partition coefficient (Wildman–Crippen LogP) is -1.35. The van der Waals surface area contributed by atoms with Crippen LogP contribution in [0.2, 0.25) is 0 Å². The minimum absolute atomic E-state index is 0.0560. The molecule has 0 heterocycles. The van der Waals surface area contributed by atoms with Gasteiger partial charge in [-0.2, -0.15) is 0 Å². The van der Waals surface area contributed by atoms with Crippen LogP contribution in [-0.2, 0) is 14.3 Å². The quantitative estimate of drug-likeness (QED) is 0.247. The summed E-state index contributed by atoms with van der Waals surface area (Å²) in [6.07, 6.45) is -0.484. The number of hydrogen-bond acceptors (Lipinski definition) is 5. The maximum atomic E-state index is 9.85. The predicted molar refractivity (Wildman–Crippen MR) is 50.5 cm³/mol. The van der Waals surface area contributed by atoms with Gasteiger partial charge in [0.05, 0.1) is 12.7 Å². The SMILES string of the molecule is COC(C)COC(O)NCCNC=O. The number of methoxy groups -OCH3 is 1. The smallest absolute Gasteiger partial charge is 0.213 e. The van der Waals surface area contributed by atoms with Crippen molar-refractivity contribution in [2.45, 2.75) is 19.4 Å². The first-order chi connectivity index (χ1) is 6.70. The molecule has 0 saturated carbocycles. The molecule has 0 aliphatic carbocycles. The van der Waals surface area contributed by atoms with Crippen LogP contribution in [-0.4, -0.2) is 50.8 Å². The number of aliphatic hydroxyl groups is 1. The van der Waals surface area contributed by atoms with E-state index in [-0.39, 0.29) is 6.10 Å². The summed E-state index contributed by atoms with van der Waals surface area (Å²) in [5, 5.41) is 14.3. The average Bonchev–Trinajstić information content (AvgIpc) is 2.21. The number of nitrogens with one attached hydrogen (secondary N) is 2. The van der Waals surface area contributed by atoms with Gasteiger partial charge in [-0.1, -0.05) is 0 Å². The molecule has 0 aromatic heterocycles. The van der Waals surface area contributed by atoms with Gasteiger partial charge in [0.25, 0.3) is 0 Å². The van der Waals surface area contributed by atoms with Crippen molar-refractivity contribution >= 4 is 6.41 Å². The van der Waals surface area contributed by atoms with Gasteiger partial charge >= 0.3 is 0 Å². The maximum Gasteiger partial charge on any atom is 0.213 e. The summed E-state index contributed by atoms with van der Waals surface area (Å²) in [6.45, 7) is 3.04. The molecule has 2 atom stereocenters. The van der Waals surface area contributed by atoms with Crippen molar-refractivity contribution < 1.29 is 19.4 Å². The van der Waals surface area contributed by atoms with Crippen LogP contribution in [0.25, 0.3) is 0 Å². The Morgan fingerprint density at radius 3 is 2.79 bits per heavy atom. The Balaban J connectivity index is 3.27. The van der Waals surface area contributed by atoms with E-state index in [4.69, 9.17) is 9.47 Å². The van der Waals surface area contributed by atoms with E-state index in [1.807, 2.05) is 6.92 Å². The molecule has 0 rings (SSSR count). The second-order valence-electron chi connectivity index (χ2n) is 2.76. The first kappa shape index (κ1) is 13.3. The molecule has 14 heavy (non-hydrogen) atoms. The van der Waals surface area contributed by atoms with Gasteiger partial charge in [-0.05, 0) is 6.92 Å². The molecule has 0 aliphatic rings. The topological polar surface area (TPSA) is 79.8 Å². The van der Waals surface area contributed by atoms with E-state index in [9.17, 15) is 9.90 Å². The third kappa shape index (κ3) is 7.93. The fraction of sp³-hybridized carbons (Fsp3) is 0.875. The van der Waals surface area contributed by atoms with Crippen molar-refractivity contribution in [2.24, 2.45) is 0 Å². The number of ether oxygens (including phenoxy) is 2. The number of carbonyl (C=O) groups excluding carboxylic acids is 1. The number of amides is 1. The number of rotatable bonds is 9. The normalized spacial score (nSPS) is 14.8. The number of aliphatic hydroxyl groups excluding tert-OH is 1. The van der Waals surface area contributed by atoms with E-state index in [1.54, 1.807) is 7.11 Å². The summed E-state index contributed by atoms with van der Waals surface area (Å²) in [5.41, 5.74) is 0. The molecule has 0 radical (unpaired) electrons. The lowest BCUT2D eigenvalue weighted by Gasteiger charge is -2.16.